The molecule has 124 valence electrons. The van der Waals surface area contributed by atoms with Crippen molar-refractivity contribution in [2.75, 3.05) is 12.4 Å². The van der Waals surface area contributed by atoms with E-state index in [1.165, 1.54) is 31.6 Å². The van der Waals surface area contributed by atoms with Gasteiger partial charge in [-0.1, -0.05) is 11.2 Å². The number of pyridine rings is 1. The third-order valence-electron chi connectivity index (χ3n) is 2.62. The van der Waals surface area contributed by atoms with Gasteiger partial charge < -0.3 is 10.2 Å². The van der Waals surface area contributed by atoms with Gasteiger partial charge in [0.25, 0.3) is 5.91 Å². The van der Waals surface area contributed by atoms with Gasteiger partial charge in [-0.2, -0.15) is 5.10 Å². The molecule has 0 aliphatic heterocycles. The van der Waals surface area contributed by atoms with Crippen LogP contribution in [0.1, 0.15) is 18.2 Å². The van der Waals surface area contributed by atoms with Gasteiger partial charge in [-0.25, -0.2) is 5.43 Å². The van der Waals surface area contributed by atoms with Crippen LogP contribution < -0.4 is 10.7 Å². The molecular formula is C15H15N5O3S. The summed E-state index contributed by atoms with van der Waals surface area (Å²) in [5.74, 6) is -0.741. The molecule has 0 fully saturated rings. The molecule has 0 aliphatic carbocycles. The average Bonchev–Trinajstić information content (AvgIpc) is 3.00. The van der Waals surface area contributed by atoms with E-state index in [1.807, 2.05) is 6.07 Å². The van der Waals surface area contributed by atoms with Crippen molar-refractivity contribution in [1.82, 2.24) is 10.4 Å². The normalized spacial score (nSPS) is 11.3. The summed E-state index contributed by atoms with van der Waals surface area (Å²) >= 11 is 1.27. The fourth-order valence-electron chi connectivity index (χ4n) is 1.68. The molecule has 2 amide bonds. The van der Waals surface area contributed by atoms with Crippen molar-refractivity contribution in [1.29, 1.82) is 0 Å². The predicted molar refractivity (Wildman–Crippen MR) is 92.1 cm³/mol. The van der Waals surface area contributed by atoms with E-state index >= 15 is 0 Å². The molecule has 2 heterocycles. The van der Waals surface area contributed by atoms with Crippen LogP contribution in [0.5, 0.6) is 0 Å². The van der Waals surface area contributed by atoms with E-state index in [0.717, 1.165) is 0 Å². The summed E-state index contributed by atoms with van der Waals surface area (Å²) in [5.41, 5.74) is 3.52. The van der Waals surface area contributed by atoms with Gasteiger partial charge in [-0.15, -0.1) is 11.3 Å². The number of oxime groups is 1. The highest BCUT2D eigenvalue weighted by Crippen LogP contribution is 2.21. The van der Waals surface area contributed by atoms with Crippen LogP contribution in [0, 0.1) is 0 Å². The Morgan fingerprint density at radius 1 is 1.38 bits per heavy atom. The highest BCUT2D eigenvalue weighted by atomic mass is 32.1. The van der Waals surface area contributed by atoms with Crippen LogP contribution in [-0.4, -0.2) is 35.8 Å². The number of nitrogens with one attached hydrogen (secondary N) is 2. The van der Waals surface area contributed by atoms with E-state index in [4.69, 9.17) is 4.84 Å². The SMILES string of the molecule is CO/N=C(\C(=O)N/N=C\c1ccccn1)c1csc(NC(C)=O)c1. The minimum Gasteiger partial charge on any atom is -0.398 e. The van der Waals surface area contributed by atoms with Crippen molar-refractivity contribution in [3.05, 3.63) is 47.1 Å². The lowest BCUT2D eigenvalue weighted by molar-refractivity contribution is -0.115. The van der Waals surface area contributed by atoms with Crippen molar-refractivity contribution < 1.29 is 14.4 Å². The number of carbonyl (C=O) groups is 2. The highest BCUT2D eigenvalue weighted by Gasteiger charge is 2.17. The van der Waals surface area contributed by atoms with E-state index in [9.17, 15) is 9.59 Å². The quantitative estimate of drug-likeness (QED) is 0.613. The van der Waals surface area contributed by atoms with Crippen LogP contribution in [-0.2, 0) is 14.4 Å². The fraction of sp³-hybridized carbons (Fsp3) is 0.133. The lowest BCUT2D eigenvalue weighted by atomic mass is 10.2. The number of anilines is 1. The van der Waals surface area contributed by atoms with Crippen LogP contribution in [0.25, 0.3) is 0 Å². The Kier molecular flexibility index (Phi) is 6.15. The largest absolute Gasteiger partial charge is 0.398 e. The van der Waals surface area contributed by atoms with E-state index in [1.54, 1.807) is 29.8 Å². The standard InChI is InChI=1S/C15H15N5O3S/c1-10(21)18-13-7-11(9-24-13)14(20-23-2)15(22)19-17-8-12-5-3-4-6-16-12/h3-9H,1-2H3,(H,18,21)(H,19,22)/b17-8-,20-14-. The number of hydrogen-bond donors (Lipinski definition) is 2. The fourth-order valence-corrected chi connectivity index (χ4v) is 2.51. The zero-order valence-corrected chi connectivity index (χ0v) is 13.8. The number of thiophene rings is 1. The van der Waals surface area contributed by atoms with E-state index in [0.29, 0.717) is 16.3 Å². The lowest BCUT2D eigenvalue weighted by Crippen LogP contribution is -2.28. The van der Waals surface area contributed by atoms with Crippen molar-refractivity contribution in [2.45, 2.75) is 6.92 Å². The van der Waals surface area contributed by atoms with Crippen LogP contribution in [0.4, 0.5) is 5.00 Å². The number of hydrogen-bond acceptors (Lipinski definition) is 7. The monoisotopic (exact) mass is 345 g/mol. The second-order valence-corrected chi connectivity index (χ2v) is 5.37. The van der Waals surface area contributed by atoms with Crippen molar-refractivity contribution in [2.24, 2.45) is 10.3 Å². The smallest absolute Gasteiger partial charge is 0.294 e. The van der Waals surface area contributed by atoms with Gasteiger partial charge in [-0.05, 0) is 18.2 Å². The first kappa shape index (κ1) is 17.3. The zero-order valence-electron chi connectivity index (χ0n) is 13.0. The number of nitrogens with zero attached hydrogens (tertiary/aromatic N) is 3. The Hall–Kier alpha value is -3.07. The number of carbonyl (C=O) groups excluding carboxylic acids is 2. The number of aromatic nitrogens is 1. The molecule has 0 bridgehead atoms. The highest BCUT2D eigenvalue weighted by molar-refractivity contribution is 7.14. The maximum Gasteiger partial charge on any atom is 0.294 e. The summed E-state index contributed by atoms with van der Waals surface area (Å²) in [6, 6.07) is 6.97. The molecule has 0 radical (unpaired) electrons. The third-order valence-corrected chi connectivity index (χ3v) is 3.47. The molecule has 0 saturated carbocycles. The summed E-state index contributed by atoms with van der Waals surface area (Å²) in [5, 5.41) is 12.5. The summed E-state index contributed by atoms with van der Waals surface area (Å²) in [6.45, 7) is 1.41. The molecule has 0 atom stereocenters. The van der Waals surface area contributed by atoms with Gasteiger partial charge in [-0.3, -0.25) is 14.6 Å². The van der Waals surface area contributed by atoms with Crippen molar-refractivity contribution in [3.8, 4) is 0 Å². The van der Waals surface area contributed by atoms with E-state index in [-0.39, 0.29) is 11.6 Å². The van der Waals surface area contributed by atoms with E-state index in [2.05, 4.69) is 26.0 Å². The second-order valence-electron chi connectivity index (χ2n) is 4.46. The van der Waals surface area contributed by atoms with Gasteiger partial charge >= 0.3 is 0 Å². The molecule has 0 saturated heterocycles. The van der Waals surface area contributed by atoms with Gasteiger partial charge in [0.15, 0.2) is 5.71 Å². The summed E-state index contributed by atoms with van der Waals surface area (Å²) in [6.07, 6.45) is 3.04. The van der Waals surface area contributed by atoms with Crippen LogP contribution in [0.2, 0.25) is 0 Å². The Bertz CT molecular complexity index is 770. The van der Waals surface area contributed by atoms with Crippen molar-refractivity contribution >= 4 is 40.1 Å². The summed E-state index contributed by atoms with van der Waals surface area (Å²) < 4.78 is 0. The second kappa shape index (κ2) is 8.53. The zero-order chi connectivity index (χ0) is 17.4. The summed E-state index contributed by atoms with van der Waals surface area (Å²) in [7, 11) is 1.34. The topological polar surface area (TPSA) is 105 Å². The molecular weight excluding hydrogens is 330 g/mol. The predicted octanol–water partition coefficient (Wildman–Crippen LogP) is 1.60. The first-order valence-electron chi connectivity index (χ1n) is 6.82. The molecule has 2 aromatic rings. The molecule has 0 unspecified atom stereocenters. The lowest BCUT2D eigenvalue weighted by Gasteiger charge is -2.02. The molecule has 8 nitrogen and oxygen atoms in total. The van der Waals surface area contributed by atoms with Gasteiger partial charge in [0.1, 0.15) is 7.11 Å². The van der Waals surface area contributed by atoms with E-state index < -0.39 is 5.91 Å². The Morgan fingerprint density at radius 3 is 2.88 bits per heavy atom. The molecule has 2 rings (SSSR count). The molecule has 0 spiro atoms. The van der Waals surface area contributed by atoms with Crippen LogP contribution >= 0.6 is 11.3 Å². The molecule has 24 heavy (non-hydrogen) atoms. The minimum absolute atomic E-state index is 0.0449. The number of hydrazone groups is 1. The van der Waals surface area contributed by atoms with Crippen molar-refractivity contribution in [3.63, 3.8) is 0 Å². The molecule has 9 heteroatoms. The maximum absolute atomic E-state index is 12.2. The molecule has 0 aliphatic rings. The van der Waals surface area contributed by atoms with Gasteiger partial charge in [0, 0.05) is 24.1 Å². The maximum atomic E-state index is 12.2. The Morgan fingerprint density at radius 2 is 2.21 bits per heavy atom. The molecule has 0 aromatic carbocycles. The minimum atomic E-state index is -0.545. The summed E-state index contributed by atoms with van der Waals surface area (Å²) in [4.78, 5) is 32.0. The van der Waals surface area contributed by atoms with Crippen LogP contribution in [0.15, 0.2) is 46.1 Å². The average molecular weight is 345 g/mol. The molecule has 2 N–H and O–H groups in total. The van der Waals surface area contributed by atoms with Gasteiger partial charge in [0.05, 0.1) is 16.9 Å². The first-order valence-corrected chi connectivity index (χ1v) is 7.70. The Labute approximate surface area is 142 Å². The Balaban J connectivity index is 2.08. The molecule has 2 aromatic heterocycles. The number of amides is 2. The van der Waals surface area contributed by atoms with Gasteiger partial charge in [0.2, 0.25) is 5.91 Å². The van der Waals surface area contributed by atoms with Crippen LogP contribution in [0.3, 0.4) is 0 Å². The third kappa shape index (κ3) is 4.99. The number of rotatable bonds is 6. The first-order chi connectivity index (χ1) is 11.6.